The van der Waals surface area contributed by atoms with Crippen LogP contribution in [0.2, 0.25) is 0 Å². The molecule has 0 aliphatic carbocycles. The third-order valence-electron chi connectivity index (χ3n) is 4.06. The van der Waals surface area contributed by atoms with Crippen LogP contribution in [0.1, 0.15) is 19.8 Å². The third kappa shape index (κ3) is 6.66. The summed E-state index contributed by atoms with van der Waals surface area (Å²) in [7, 11) is -0.761. The first-order chi connectivity index (χ1) is 10.7. The Morgan fingerprint density at radius 2 is 1.22 bits per heavy atom. The van der Waals surface area contributed by atoms with E-state index in [4.69, 9.17) is 4.79 Å². The molecule has 0 aliphatic heterocycles. The summed E-state index contributed by atoms with van der Waals surface area (Å²) in [5, 5.41) is 2.97. The van der Waals surface area contributed by atoms with Crippen molar-refractivity contribution in [2.45, 2.75) is 19.8 Å². The summed E-state index contributed by atoms with van der Waals surface area (Å²) in [5.74, 6) is 0. The van der Waals surface area contributed by atoms with Crippen LogP contribution in [0.25, 0.3) is 0 Å². The van der Waals surface area contributed by atoms with Gasteiger partial charge in [0.1, 0.15) is 0 Å². The molecule has 128 valence electrons. The van der Waals surface area contributed by atoms with Gasteiger partial charge in [0.25, 0.3) is 0 Å². The zero-order chi connectivity index (χ0) is 16.4. The molecule has 0 spiro atoms. The van der Waals surface area contributed by atoms with E-state index in [0.717, 1.165) is 12.8 Å². The summed E-state index contributed by atoms with van der Waals surface area (Å²) >= 11 is 0. The summed E-state index contributed by atoms with van der Waals surface area (Å²) in [6, 6.07) is 21.9. The van der Waals surface area contributed by atoms with Gasteiger partial charge in [-0.25, -0.2) is 0 Å². The molecule has 0 N–H and O–H groups in total. The van der Waals surface area contributed by atoms with Crippen molar-refractivity contribution in [2.75, 3.05) is 6.16 Å². The van der Waals surface area contributed by atoms with Gasteiger partial charge in [0.15, 0.2) is 0 Å². The molecule has 2 aromatic carbocycles. The first-order valence-electron chi connectivity index (χ1n) is 7.47. The Hall–Kier alpha value is -0.837. The third-order valence-corrected chi connectivity index (χ3v) is 7.32. The molecular formula is C20H27OPRu-2. The zero-order valence-corrected chi connectivity index (χ0v) is 16.7. The van der Waals surface area contributed by atoms with E-state index in [1.807, 2.05) is 0 Å². The van der Waals surface area contributed by atoms with Crippen LogP contribution in [0.3, 0.4) is 0 Å². The van der Waals surface area contributed by atoms with Crippen LogP contribution in [-0.2, 0) is 24.3 Å². The SMILES string of the molecule is [CH-]=O.[CH2-]CC(C)(C[CH2-])C[PH+](c1ccccc1)c1ccccc1.[RuH2]. The van der Waals surface area contributed by atoms with E-state index in [0.29, 0.717) is 0 Å². The fourth-order valence-corrected chi connectivity index (χ4v) is 5.52. The van der Waals surface area contributed by atoms with Crippen LogP contribution in [0.4, 0.5) is 0 Å². The summed E-state index contributed by atoms with van der Waals surface area (Å²) < 4.78 is 0. The molecule has 23 heavy (non-hydrogen) atoms. The Morgan fingerprint density at radius 3 is 1.52 bits per heavy atom. The van der Waals surface area contributed by atoms with E-state index in [1.165, 1.54) is 16.8 Å². The van der Waals surface area contributed by atoms with Crippen molar-refractivity contribution in [3.05, 3.63) is 74.5 Å². The molecule has 0 saturated heterocycles. The van der Waals surface area contributed by atoms with Crippen molar-refractivity contribution in [1.29, 1.82) is 0 Å². The molecular weight excluding hydrogens is 388 g/mol. The molecule has 0 unspecified atom stereocenters. The molecule has 1 nitrogen and oxygen atoms in total. The van der Waals surface area contributed by atoms with Gasteiger partial charge in [0.05, 0.1) is 24.7 Å². The van der Waals surface area contributed by atoms with Gasteiger partial charge < -0.3 is 18.6 Å². The average Bonchev–Trinajstić information content (AvgIpc) is 2.62. The molecule has 0 radical (unpaired) electrons. The van der Waals surface area contributed by atoms with Crippen molar-refractivity contribution in [2.24, 2.45) is 5.41 Å². The number of hydrogen-bond acceptors (Lipinski definition) is 1. The quantitative estimate of drug-likeness (QED) is 0.306. The van der Waals surface area contributed by atoms with E-state index in [9.17, 15) is 0 Å². The second-order valence-electron chi connectivity index (χ2n) is 5.70. The summed E-state index contributed by atoms with van der Waals surface area (Å²) in [5.41, 5.74) is 0.236. The van der Waals surface area contributed by atoms with Crippen LogP contribution in [-0.4, -0.2) is 13.0 Å². The van der Waals surface area contributed by atoms with Crippen LogP contribution in [0.5, 0.6) is 0 Å². The number of hydrogen-bond donors (Lipinski definition) is 0. The molecule has 2 aromatic rings. The number of rotatable bonds is 6. The summed E-state index contributed by atoms with van der Waals surface area (Å²) in [4.78, 5) is 7.75. The standard InChI is InChI=1S/C19H23P.CHO.Ru.2H/c1-4-19(3,5-2)16-20(17-12-8-6-9-13-17)18-14-10-7-11-15-18;1-2;;;/h6-15H,1-2,4-5,16H2,3H3;1H;;;/q-2;-1;;;/p+1. The van der Waals surface area contributed by atoms with E-state index in [1.54, 1.807) is 0 Å². The molecule has 0 aromatic heterocycles. The van der Waals surface area contributed by atoms with Crippen LogP contribution >= 0.6 is 7.92 Å². The maximum absolute atomic E-state index is 7.75. The fourth-order valence-electron chi connectivity index (χ4n) is 2.38. The van der Waals surface area contributed by atoms with Gasteiger partial charge in [-0.15, -0.1) is 0 Å². The molecule has 0 atom stereocenters. The second-order valence-corrected chi connectivity index (χ2v) is 8.16. The molecule has 0 bridgehead atoms. The Bertz CT molecular complexity index is 486. The average molecular weight is 415 g/mol. The van der Waals surface area contributed by atoms with Gasteiger partial charge in [-0.1, -0.05) is 48.7 Å². The first-order valence-corrected chi connectivity index (χ1v) is 9.18. The van der Waals surface area contributed by atoms with Crippen LogP contribution in [0.15, 0.2) is 60.7 Å². The number of benzene rings is 2. The Labute approximate surface area is 155 Å². The minimum absolute atomic E-state index is 0. The minimum atomic E-state index is -0.761. The second kappa shape index (κ2) is 11.7. The molecule has 0 fully saturated rings. The van der Waals surface area contributed by atoms with Gasteiger partial charge in [0.2, 0.25) is 0 Å². The molecule has 0 amide bonds. The predicted octanol–water partition coefficient (Wildman–Crippen LogP) is 3.49. The monoisotopic (exact) mass is 416 g/mol. The van der Waals surface area contributed by atoms with Crippen LogP contribution in [0, 0.1) is 19.3 Å². The van der Waals surface area contributed by atoms with E-state index in [-0.39, 0.29) is 24.9 Å². The van der Waals surface area contributed by atoms with Gasteiger partial charge >= 0.3 is 19.5 Å². The van der Waals surface area contributed by atoms with Gasteiger partial charge in [-0.2, -0.15) is 12.8 Å². The molecule has 2 rings (SSSR count). The van der Waals surface area contributed by atoms with Gasteiger partial charge in [-0.05, 0) is 24.3 Å². The molecule has 3 heteroatoms. The molecule has 0 saturated carbocycles. The normalized spacial score (nSPS) is 10.4. The maximum atomic E-state index is 7.75. The van der Waals surface area contributed by atoms with Crippen molar-refractivity contribution in [1.82, 2.24) is 0 Å². The fraction of sp³-hybridized carbons (Fsp3) is 0.250. The van der Waals surface area contributed by atoms with Gasteiger partial charge in [-0.3, -0.25) is 6.79 Å². The van der Waals surface area contributed by atoms with Crippen LogP contribution < -0.4 is 10.6 Å². The van der Waals surface area contributed by atoms with Crippen molar-refractivity contribution in [3.63, 3.8) is 0 Å². The summed E-state index contributed by atoms with van der Waals surface area (Å²) in [6.07, 6.45) is 3.09. The Kier molecular flexibility index (Phi) is 11.2. The van der Waals surface area contributed by atoms with Gasteiger partial charge in [0, 0.05) is 0 Å². The van der Waals surface area contributed by atoms with E-state index < -0.39 is 7.92 Å². The zero-order valence-electron chi connectivity index (χ0n) is 13.7. The van der Waals surface area contributed by atoms with E-state index >= 15 is 0 Å². The Morgan fingerprint density at radius 1 is 0.870 bits per heavy atom. The first kappa shape index (κ1) is 22.2. The summed E-state index contributed by atoms with van der Waals surface area (Å²) in [6.45, 7) is 13.9. The van der Waals surface area contributed by atoms with Crippen molar-refractivity contribution < 1.29 is 24.3 Å². The van der Waals surface area contributed by atoms with Crippen molar-refractivity contribution >= 4 is 25.3 Å². The predicted molar refractivity (Wildman–Crippen MR) is 103 cm³/mol. The van der Waals surface area contributed by atoms with Crippen molar-refractivity contribution in [3.8, 4) is 0 Å². The Balaban J connectivity index is 0.00000155. The topological polar surface area (TPSA) is 17.1 Å². The molecule has 0 heterocycles. The van der Waals surface area contributed by atoms with E-state index in [2.05, 4.69) is 88.2 Å². The number of carbonyl (C=O) groups excluding carboxylic acids is 1. The molecule has 0 aliphatic rings.